The van der Waals surface area contributed by atoms with Gasteiger partial charge in [-0.1, -0.05) is 29.8 Å². The van der Waals surface area contributed by atoms with Gasteiger partial charge in [0, 0.05) is 41.9 Å². The number of benzene rings is 3. The first-order valence-corrected chi connectivity index (χ1v) is 12.9. The molecule has 4 rings (SSSR count). The summed E-state index contributed by atoms with van der Waals surface area (Å²) in [6, 6.07) is 18.5. The van der Waals surface area contributed by atoms with Gasteiger partial charge in [0.2, 0.25) is 5.91 Å². The molecule has 1 aliphatic rings. The van der Waals surface area contributed by atoms with Crippen molar-refractivity contribution in [2.75, 3.05) is 16.9 Å². The molecule has 202 valence electrons. The maximum atomic E-state index is 13.6. The molecule has 0 bridgehead atoms. The Bertz CT molecular complexity index is 1420. The predicted molar refractivity (Wildman–Crippen MR) is 149 cm³/mol. The summed E-state index contributed by atoms with van der Waals surface area (Å²) in [7, 11) is 1.57. The number of hydrogen-bond donors (Lipinski definition) is 1. The van der Waals surface area contributed by atoms with Crippen molar-refractivity contribution in [2.45, 2.75) is 45.2 Å². The van der Waals surface area contributed by atoms with Crippen LogP contribution < -0.4 is 14.5 Å². The maximum Gasteiger partial charge on any atom is 0.303 e. The second-order valence-electron chi connectivity index (χ2n) is 9.43. The summed E-state index contributed by atoms with van der Waals surface area (Å²) in [5, 5.41) is 9.02. The van der Waals surface area contributed by atoms with E-state index in [1.807, 2.05) is 31.2 Å². The van der Waals surface area contributed by atoms with Gasteiger partial charge in [-0.25, -0.2) is 0 Å². The Hall–Kier alpha value is -4.17. The lowest BCUT2D eigenvalue weighted by Gasteiger charge is -2.43. The molecule has 0 aliphatic carbocycles. The quantitative estimate of drug-likeness (QED) is 0.350. The van der Waals surface area contributed by atoms with E-state index in [0.717, 1.165) is 5.56 Å². The van der Waals surface area contributed by atoms with Crippen molar-refractivity contribution in [3.05, 3.63) is 88.4 Å². The third kappa shape index (κ3) is 5.81. The minimum atomic E-state index is -1.07. The lowest BCUT2D eigenvalue weighted by atomic mass is 9.89. The van der Waals surface area contributed by atoms with E-state index >= 15 is 0 Å². The largest absolute Gasteiger partial charge is 0.497 e. The number of hydrogen-bond acceptors (Lipinski definition) is 5. The molecule has 0 radical (unpaired) electrons. The van der Waals surface area contributed by atoms with Crippen molar-refractivity contribution < 1.29 is 29.0 Å². The summed E-state index contributed by atoms with van der Waals surface area (Å²) >= 11 is 6.44. The number of carboxylic acids is 1. The minimum Gasteiger partial charge on any atom is -0.497 e. The van der Waals surface area contributed by atoms with Crippen LogP contribution in [0.25, 0.3) is 0 Å². The summed E-state index contributed by atoms with van der Waals surface area (Å²) in [4.78, 5) is 53.3. The summed E-state index contributed by atoms with van der Waals surface area (Å²) in [6.07, 6.45) is 0.00474. The van der Waals surface area contributed by atoms with Gasteiger partial charge in [0.1, 0.15) is 5.75 Å². The Morgan fingerprint density at radius 2 is 1.72 bits per heavy atom. The molecule has 2 unspecified atom stereocenters. The Kier molecular flexibility index (Phi) is 8.35. The molecule has 0 fully saturated rings. The van der Waals surface area contributed by atoms with E-state index in [9.17, 15) is 19.2 Å². The number of carbonyl (C=O) groups excluding carboxylic acids is 3. The molecule has 0 saturated heterocycles. The van der Waals surface area contributed by atoms with Gasteiger partial charge in [-0.3, -0.25) is 19.2 Å². The number of carboxylic acid groups (broad SMARTS) is 1. The number of Topliss-reactive ketones (excluding diaryl/α,β-unsaturated/α-hetero) is 1. The number of halogens is 1. The van der Waals surface area contributed by atoms with E-state index < -0.39 is 12.0 Å². The highest BCUT2D eigenvalue weighted by Crippen LogP contribution is 2.43. The number of methoxy groups -OCH3 is 1. The van der Waals surface area contributed by atoms with Gasteiger partial charge in [-0.2, -0.15) is 0 Å². The Balaban J connectivity index is 1.69. The number of nitrogens with zero attached hydrogens (tertiary/aromatic N) is 2. The second-order valence-corrected chi connectivity index (χ2v) is 9.84. The molecule has 1 aliphatic heterocycles. The smallest absolute Gasteiger partial charge is 0.303 e. The van der Waals surface area contributed by atoms with Gasteiger partial charge in [0.05, 0.1) is 24.6 Å². The molecule has 1 N–H and O–H groups in total. The highest BCUT2D eigenvalue weighted by molar-refractivity contribution is 6.34. The van der Waals surface area contributed by atoms with E-state index in [1.165, 1.54) is 13.0 Å². The number of fused-ring (bicyclic) bond motifs is 1. The van der Waals surface area contributed by atoms with Crippen LogP contribution in [0.1, 0.15) is 65.4 Å². The van der Waals surface area contributed by atoms with E-state index in [2.05, 4.69) is 0 Å². The number of ketones is 1. The van der Waals surface area contributed by atoms with E-state index in [-0.39, 0.29) is 47.1 Å². The molecule has 0 spiro atoms. The topological polar surface area (TPSA) is 104 Å². The van der Waals surface area contributed by atoms with E-state index in [4.69, 9.17) is 21.4 Å². The Labute approximate surface area is 231 Å². The molecular weight excluding hydrogens is 520 g/mol. The lowest BCUT2D eigenvalue weighted by molar-refractivity contribution is -0.137. The number of rotatable bonds is 8. The van der Waals surface area contributed by atoms with Crippen LogP contribution in [0.2, 0.25) is 5.02 Å². The van der Waals surface area contributed by atoms with E-state index in [0.29, 0.717) is 29.1 Å². The van der Waals surface area contributed by atoms with Crippen LogP contribution in [0.3, 0.4) is 0 Å². The molecule has 8 nitrogen and oxygen atoms in total. The Morgan fingerprint density at radius 3 is 2.33 bits per heavy atom. The van der Waals surface area contributed by atoms with Gasteiger partial charge in [0.15, 0.2) is 5.78 Å². The highest BCUT2D eigenvalue weighted by atomic mass is 35.5. The number of anilines is 2. The second kappa shape index (κ2) is 11.7. The maximum absolute atomic E-state index is 13.6. The normalized spacial score (nSPS) is 16.3. The van der Waals surface area contributed by atoms with E-state index in [1.54, 1.807) is 53.3 Å². The van der Waals surface area contributed by atoms with Crippen LogP contribution in [-0.4, -0.2) is 41.8 Å². The molecule has 39 heavy (non-hydrogen) atoms. The van der Waals surface area contributed by atoms with Gasteiger partial charge in [-0.15, -0.1) is 0 Å². The van der Waals surface area contributed by atoms with Crippen molar-refractivity contribution in [3.63, 3.8) is 0 Å². The molecular formula is C30H29ClN2O6. The first kappa shape index (κ1) is 27.9. The van der Waals surface area contributed by atoms with Crippen molar-refractivity contribution >= 4 is 46.5 Å². The molecule has 0 aromatic heterocycles. The number of aliphatic carboxylic acids is 1. The molecule has 2 amide bonds. The van der Waals surface area contributed by atoms with Crippen molar-refractivity contribution in [1.82, 2.24) is 0 Å². The molecule has 0 saturated carbocycles. The van der Waals surface area contributed by atoms with Crippen molar-refractivity contribution in [1.29, 1.82) is 0 Å². The molecule has 2 atom stereocenters. The average Bonchev–Trinajstić information content (AvgIpc) is 2.91. The summed E-state index contributed by atoms with van der Waals surface area (Å²) in [5.74, 6) is -1.17. The minimum absolute atomic E-state index is 0.141. The fourth-order valence-electron chi connectivity index (χ4n) is 5.02. The van der Waals surface area contributed by atoms with Crippen LogP contribution in [0.4, 0.5) is 11.4 Å². The zero-order valence-electron chi connectivity index (χ0n) is 21.9. The van der Waals surface area contributed by atoms with Crippen LogP contribution >= 0.6 is 11.6 Å². The van der Waals surface area contributed by atoms with Crippen LogP contribution in [0.15, 0.2) is 66.7 Å². The van der Waals surface area contributed by atoms with Crippen molar-refractivity contribution in [3.8, 4) is 5.75 Å². The zero-order chi connectivity index (χ0) is 28.3. The number of ether oxygens (including phenoxy) is 1. The van der Waals surface area contributed by atoms with Gasteiger partial charge in [0.25, 0.3) is 5.91 Å². The van der Waals surface area contributed by atoms with Crippen LogP contribution in [0.5, 0.6) is 5.75 Å². The van der Waals surface area contributed by atoms with Crippen LogP contribution in [0, 0.1) is 0 Å². The number of carbonyl (C=O) groups is 4. The van der Waals surface area contributed by atoms with Crippen molar-refractivity contribution in [2.24, 2.45) is 0 Å². The monoisotopic (exact) mass is 548 g/mol. The molecule has 3 aromatic carbocycles. The van der Waals surface area contributed by atoms with Gasteiger partial charge < -0.3 is 19.6 Å². The number of amides is 2. The predicted octanol–water partition coefficient (Wildman–Crippen LogP) is 5.93. The van der Waals surface area contributed by atoms with Gasteiger partial charge in [-0.05, 0) is 67.4 Å². The Morgan fingerprint density at radius 1 is 1.03 bits per heavy atom. The third-order valence-corrected chi connectivity index (χ3v) is 7.18. The van der Waals surface area contributed by atoms with Gasteiger partial charge >= 0.3 is 5.97 Å². The standard InChI is InChI=1S/C30H29ClN2O6/c1-18-16-27(33(19(2)34)21-10-13-23(25(31)17-21)28(35)14-15-29(36)37)24-6-4-5-7-26(24)32(18)30(38)20-8-11-22(39-3)12-9-20/h4-13,17-18,27H,14-16H2,1-3H3,(H,36,37). The SMILES string of the molecule is COc1ccc(C(=O)N2c3ccccc3C(N(C(C)=O)c3ccc(C(=O)CCC(=O)O)c(Cl)c3)CC2C)cc1. The summed E-state index contributed by atoms with van der Waals surface area (Å²) < 4.78 is 5.21. The first-order valence-electron chi connectivity index (χ1n) is 12.5. The number of para-hydroxylation sites is 1. The molecule has 9 heteroatoms. The van der Waals surface area contributed by atoms with Crippen LogP contribution in [-0.2, 0) is 9.59 Å². The third-order valence-electron chi connectivity index (χ3n) is 6.86. The molecule has 3 aromatic rings. The zero-order valence-corrected chi connectivity index (χ0v) is 22.6. The average molecular weight is 549 g/mol. The lowest BCUT2D eigenvalue weighted by Crippen LogP contribution is -2.47. The summed E-state index contributed by atoms with van der Waals surface area (Å²) in [6.45, 7) is 3.40. The highest BCUT2D eigenvalue weighted by Gasteiger charge is 2.38. The fraction of sp³-hybridized carbons (Fsp3) is 0.267. The first-order chi connectivity index (χ1) is 18.6. The summed E-state index contributed by atoms with van der Waals surface area (Å²) in [5.41, 5.74) is 2.75. The molecule has 1 heterocycles. The fourth-order valence-corrected chi connectivity index (χ4v) is 5.30.